The van der Waals surface area contributed by atoms with E-state index in [1.165, 1.54) is 10.4 Å². The molecule has 10 heteroatoms. The summed E-state index contributed by atoms with van der Waals surface area (Å²) < 4.78 is 2.06. The van der Waals surface area contributed by atoms with Crippen LogP contribution in [0.15, 0.2) is 29.3 Å². The van der Waals surface area contributed by atoms with Crippen molar-refractivity contribution in [1.29, 1.82) is 0 Å². The van der Waals surface area contributed by atoms with Crippen LogP contribution in [0.2, 0.25) is 5.02 Å². The molecule has 2 aromatic heterocycles. The topological polar surface area (TPSA) is 87.4 Å². The average molecular weight is 484 g/mol. The molecule has 1 atom stereocenters. The first-order valence-corrected chi connectivity index (χ1v) is 12.2. The van der Waals surface area contributed by atoms with Crippen molar-refractivity contribution in [3.05, 3.63) is 62.5 Å². The van der Waals surface area contributed by atoms with Crippen LogP contribution >= 0.6 is 22.9 Å². The molecule has 5 rings (SSSR count). The van der Waals surface area contributed by atoms with Crippen LogP contribution in [0, 0.1) is 20.8 Å². The Bertz CT molecular complexity index is 1220. The van der Waals surface area contributed by atoms with Crippen molar-refractivity contribution in [2.45, 2.75) is 33.2 Å². The van der Waals surface area contributed by atoms with Crippen LogP contribution in [0.1, 0.15) is 45.7 Å². The van der Waals surface area contributed by atoms with Crippen molar-refractivity contribution in [1.82, 2.24) is 30.5 Å². The minimum atomic E-state index is -0.459. The van der Waals surface area contributed by atoms with E-state index in [1.54, 1.807) is 11.3 Å². The van der Waals surface area contributed by atoms with Crippen molar-refractivity contribution in [2.75, 3.05) is 26.2 Å². The van der Waals surface area contributed by atoms with E-state index in [0.717, 1.165) is 53.8 Å². The molecular formula is C23H26ClN7OS. The molecule has 4 heterocycles. The van der Waals surface area contributed by atoms with Crippen LogP contribution in [0.5, 0.6) is 0 Å². The van der Waals surface area contributed by atoms with Gasteiger partial charge in [-0.15, -0.1) is 21.5 Å². The number of hydrogen-bond donors (Lipinski definition) is 2. The van der Waals surface area contributed by atoms with Crippen LogP contribution in [-0.4, -0.2) is 57.6 Å². The molecule has 0 unspecified atom stereocenters. The van der Waals surface area contributed by atoms with Gasteiger partial charge in [-0.2, -0.15) is 0 Å². The van der Waals surface area contributed by atoms with Crippen LogP contribution < -0.4 is 10.7 Å². The zero-order valence-electron chi connectivity index (χ0n) is 18.9. The van der Waals surface area contributed by atoms with Gasteiger partial charge in [0.1, 0.15) is 16.9 Å². The van der Waals surface area contributed by atoms with Gasteiger partial charge in [-0.3, -0.25) is 19.8 Å². The summed E-state index contributed by atoms with van der Waals surface area (Å²) in [6, 6.07) is 7.24. The smallest absolute Gasteiger partial charge is 0.236 e. The number of aromatic nitrogens is 3. The second-order valence-corrected chi connectivity index (χ2v) is 10.0. The number of amides is 1. The molecule has 2 N–H and O–H groups in total. The van der Waals surface area contributed by atoms with Gasteiger partial charge in [0.2, 0.25) is 5.91 Å². The van der Waals surface area contributed by atoms with Crippen molar-refractivity contribution in [3.63, 3.8) is 0 Å². The summed E-state index contributed by atoms with van der Waals surface area (Å²) in [5, 5.41) is 15.8. The number of nitrogens with zero attached hydrogens (tertiary/aromatic N) is 5. The van der Waals surface area contributed by atoms with Crippen molar-refractivity contribution < 1.29 is 4.79 Å². The second-order valence-electron chi connectivity index (χ2n) is 8.38. The van der Waals surface area contributed by atoms with E-state index in [9.17, 15) is 4.79 Å². The standard InChI is InChI=1S/C23H26ClN7OS/c1-13-14(2)33-23-20(13)21(16-4-6-17(24)7-5-16)26-18(22-28-27-15(3)31(22)23)12-19(32)29-30-10-8-25-9-11-30/h4-7,18,25H,8-12H2,1-3H3,(H,29,32)/t18-/m0/s1. The maximum absolute atomic E-state index is 13.0. The van der Waals surface area contributed by atoms with E-state index in [-0.39, 0.29) is 12.3 Å². The SMILES string of the molecule is Cc1sc2c(c1C)C(c1ccc(Cl)cc1)=N[C@@H](CC(=O)NN1CCNCC1)c1nnc(C)n1-2. The number of rotatable bonds is 4. The Labute approximate surface area is 201 Å². The number of fused-ring (bicyclic) bond motifs is 3. The van der Waals surface area contributed by atoms with Gasteiger partial charge in [-0.1, -0.05) is 23.7 Å². The lowest BCUT2D eigenvalue weighted by molar-refractivity contribution is -0.126. The quantitative estimate of drug-likeness (QED) is 0.595. The molecule has 3 aromatic rings. The first-order chi connectivity index (χ1) is 15.9. The Hall–Kier alpha value is -2.59. The minimum absolute atomic E-state index is 0.0773. The van der Waals surface area contributed by atoms with E-state index >= 15 is 0 Å². The van der Waals surface area contributed by atoms with E-state index in [1.807, 2.05) is 36.2 Å². The van der Waals surface area contributed by atoms with E-state index in [4.69, 9.17) is 16.6 Å². The second kappa shape index (κ2) is 8.98. The lowest BCUT2D eigenvalue weighted by Gasteiger charge is -2.27. The molecule has 0 saturated carbocycles. The third kappa shape index (κ3) is 4.21. The molecular weight excluding hydrogens is 458 g/mol. The molecule has 8 nitrogen and oxygen atoms in total. The minimum Gasteiger partial charge on any atom is -0.314 e. The van der Waals surface area contributed by atoms with Crippen LogP contribution in [0.4, 0.5) is 0 Å². The number of aryl methyl sites for hydroxylation is 2. The largest absolute Gasteiger partial charge is 0.314 e. The highest BCUT2D eigenvalue weighted by Gasteiger charge is 2.32. The number of aliphatic imine (C=N–C) groups is 1. The van der Waals surface area contributed by atoms with Gasteiger partial charge in [0.15, 0.2) is 5.82 Å². The van der Waals surface area contributed by atoms with Gasteiger partial charge in [0.25, 0.3) is 0 Å². The number of hydrazine groups is 1. The molecule has 172 valence electrons. The van der Waals surface area contributed by atoms with E-state index in [2.05, 4.69) is 39.4 Å². The predicted octanol–water partition coefficient (Wildman–Crippen LogP) is 3.13. The number of carbonyl (C=O) groups excluding carboxylic acids is 1. The van der Waals surface area contributed by atoms with E-state index < -0.39 is 6.04 Å². The fraction of sp³-hybridized carbons (Fsp3) is 0.391. The Kier molecular flexibility index (Phi) is 6.05. The third-order valence-corrected chi connectivity index (χ3v) is 7.58. The Morgan fingerprint density at radius 1 is 1.18 bits per heavy atom. The number of hydrogen-bond acceptors (Lipinski definition) is 7. The fourth-order valence-electron chi connectivity index (χ4n) is 4.31. The summed E-state index contributed by atoms with van der Waals surface area (Å²) in [6.07, 6.45) is 0.187. The summed E-state index contributed by atoms with van der Waals surface area (Å²) >= 11 is 7.87. The number of piperazine rings is 1. The monoisotopic (exact) mass is 483 g/mol. The molecule has 1 amide bonds. The first kappa shape index (κ1) is 22.2. The summed E-state index contributed by atoms with van der Waals surface area (Å²) in [7, 11) is 0. The van der Waals surface area contributed by atoms with Crippen LogP contribution in [-0.2, 0) is 4.79 Å². The van der Waals surface area contributed by atoms with E-state index in [0.29, 0.717) is 10.8 Å². The van der Waals surface area contributed by atoms with Crippen LogP contribution in [0.3, 0.4) is 0 Å². The molecule has 33 heavy (non-hydrogen) atoms. The average Bonchev–Trinajstić information content (AvgIpc) is 3.27. The lowest BCUT2D eigenvalue weighted by Crippen LogP contribution is -2.52. The van der Waals surface area contributed by atoms with Gasteiger partial charge in [-0.25, -0.2) is 5.01 Å². The number of halogens is 1. The molecule has 0 aliphatic carbocycles. The normalized spacial score (nSPS) is 18.3. The number of benzene rings is 1. The molecule has 1 fully saturated rings. The number of thiophene rings is 1. The number of carbonyl (C=O) groups is 1. The highest BCUT2D eigenvalue weighted by atomic mass is 35.5. The third-order valence-electron chi connectivity index (χ3n) is 6.14. The molecule has 1 saturated heterocycles. The first-order valence-electron chi connectivity index (χ1n) is 11.0. The molecule has 1 aromatic carbocycles. The summed E-state index contributed by atoms with van der Waals surface area (Å²) in [5.74, 6) is 1.40. The fourth-order valence-corrected chi connectivity index (χ4v) is 5.65. The van der Waals surface area contributed by atoms with Gasteiger partial charge in [0, 0.05) is 47.2 Å². The van der Waals surface area contributed by atoms with Crippen molar-refractivity contribution in [3.8, 4) is 5.00 Å². The predicted molar refractivity (Wildman–Crippen MR) is 130 cm³/mol. The maximum Gasteiger partial charge on any atom is 0.236 e. The molecule has 2 aliphatic heterocycles. The summed E-state index contributed by atoms with van der Waals surface area (Å²) in [4.78, 5) is 19.4. The molecule has 2 aliphatic rings. The Balaban J connectivity index is 1.59. The molecule has 0 radical (unpaired) electrons. The summed E-state index contributed by atoms with van der Waals surface area (Å²) in [5.41, 5.74) is 7.09. The lowest BCUT2D eigenvalue weighted by atomic mass is 9.99. The zero-order valence-corrected chi connectivity index (χ0v) is 20.4. The van der Waals surface area contributed by atoms with Gasteiger partial charge in [-0.05, 0) is 38.5 Å². The van der Waals surface area contributed by atoms with Gasteiger partial charge in [0.05, 0.1) is 12.1 Å². The van der Waals surface area contributed by atoms with Gasteiger partial charge < -0.3 is 5.32 Å². The Morgan fingerprint density at radius 2 is 1.91 bits per heavy atom. The highest BCUT2D eigenvalue weighted by molar-refractivity contribution is 7.15. The van der Waals surface area contributed by atoms with Crippen molar-refractivity contribution >= 4 is 34.6 Å². The zero-order chi connectivity index (χ0) is 23.1. The van der Waals surface area contributed by atoms with Crippen LogP contribution in [0.25, 0.3) is 5.00 Å². The Morgan fingerprint density at radius 3 is 2.64 bits per heavy atom. The maximum atomic E-state index is 13.0. The molecule has 0 spiro atoms. The highest BCUT2D eigenvalue weighted by Crippen LogP contribution is 2.39. The van der Waals surface area contributed by atoms with Crippen molar-refractivity contribution in [2.24, 2.45) is 4.99 Å². The molecule has 0 bridgehead atoms. The summed E-state index contributed by atoms with van der Waals surface area (Å²) in [6.45, 7) is 9.44. The number of nitrogens with one attached hydrogen (secondary N) is 2. The van der Waals surface area contributed by atoms with Gasteiger partial charge >= 0.3 is 0 Å².